The second-order valence-electron chi connectivity index (χ2n) is 4.35. The largest absolute Gasteiger partial charge is 0.394 e. The Kier molecular flexibility index (Phi) is 3.42. The highest BCUT2D eigenvalue weighted by molar-refractivity contribution is 5.85. The minimum Gasteiger partial charge on any atom is -0.394 e. The van der Waals surface area contributed by atoms with E-state index in [9.17, 15) is 4.79 Å². The smallest absolute Gasteiger partial charge is 0.242 e. The molecule has 1 saturated heterocycles. The summed E-state index contributed by atoms with van der Waals surface area (Å²) in [6.07, 6.45) is 0.755. The van der Waals surface area contributed by atoms with Crippen molar-refractivity contribution in [2.24, 2.45) is 12.8 Å². The summed E-state index contributed by atoms with van der Waals surface area (Å²) in [5, 5.41) is 4.35. The lowest BCUT2D eigenvalue weighted by Gasteiger charge is -2.35. The molecular weight excluding hydrogens is 234 g/mol. The van der Waals surface area contributed by atoms with Crippen molar-refractivity contribution >= 4 is 17.4 Å². The lowest BCUT2D eigenvalue weighted by Crippen LogP contribution is -2.53. The van der Waals surface area contributed by atoms with Crippen LogP contribution >= 0.6 is 0 Å². The van der Waals surface area contributed by atoms with Crippen molar-refractivity contribution in [2.45, 2.75) is 19.4 Å². The first-order valence-electron chi connectivity index (χ1n) is 6.01. The molecule has 1 unspecified atom stereocenters. The summed E-state index contributed by atoms with van der Waals surface area (Å²) < 4.78 is 7.00. The van der Waals surface area contributed by atoms with Crippen LogP contribution in [0.1, 0.15) is 12.6 Å². The number of carbonyl (C=O) groups is 1. The lowest BCUT2D eigenvalue weighted by atomic mass is 10.2. The van der Waals surface area contributed by atoms with Crippen molar-refractivity contribution < 1.29 is 9.53 Å². The summed E-state index contributed by atoms with van der Waals surface area (Å²) in [5.41, 5.74) is 12.9. The lowest BCUT2D eigenvalue weighted by molar-refractivity contribution is -0.121. The Morgan fingerprint density at radius 2 is 2.33 bits per heavy atom. The van der Waals surface area contributed by atoms with Gasteiger partial charge in [0.1, 0.15) is 6.04 Å². The number of nitrogen functional groups attached to an aromatic ring is 1. The van der Waals surface area contributed by atoms with Gasteiger partial charge in [-0.05, 0) is 6.42 Å². The quantitative estimate of drug-likeness (QED) is 0.738. The standard InChI is InChI=1S/C11H19N5O2/c1-3-7-9(12)11(15(2)14-7)16-4-5-18-6-8(16)10(13)17/h8H,3-6,12H2,1-2H3,(H2,13,17). The number of nitrogens with zero attached hydrogens (tertiary/aromatic N) is 3. The number of hydrogen-bond donors (Lipinski definition) is 2. The number of amides is 1. The van der Waals surface area contributed by atoms with Gasteiger partial charge in [-0.25, -0.2) is 0 Å². The van der Waals surface area contributed by atoms with E-state index in [1.807, 2.05) is 18.9 Å². The number of morpholine rings is 1. The number of ether oxygens (including phenoxy) is 1. The van der Waals surface area contributed by atoms with Crippen molar-refractivity contribution in [3.05, 3.63) is 5.69 Å². The van der Waals surface area contributed by atoms with Crippen molar-refractivity contribution in [3.63, 3.8) is 0 Å². The second kappa shape index (κ2) is 4.85. The maximum Gasteiger partial charge on any atom is 0.242 e. The highest BCUT2D eigenvalue weighted by Crippen LogP contribution is 2.29. The summed E-state index contributed by atoms with van der Waals surface area (Å²) >= 11 is 0. The highest BCUT2D eigenvalue weighted by atomic mass is 16.5. The average molecular weight is 253 g/mol. The van der Waals surface area contributed by atoms with Crippen molar-refractivity contribution in [1.29, 1.82) is 0 Å². The zero-order chi connectivity index (χ0) is 13.3. The third-order valence-electron chi connectivity index (χ3n) is 3.19. The molecule has 0 aromatic carbocycles. The average Bonchev–Trinajstić information content (AvgIpc) is 2.64. The highest BCUT2D eigenvalue weighted by Gasteiger charge is 2.31. The Labute approximate surface area is 106 Å². The Hall–Kier alpha value is -1.76. The Balaban J connectivity index is 2.39. The SMILES string of the molecule is CCc1nn(C)c(N2CCOCC2C(N)=O)c1N. The van der Waals surface area contributed by atoms with Crippen LogP contribution in [0.4, 0.5) is 11.5 Å². The van der Waals surface area contributed by atoms with Gasteiger partial charge in [0.25, 0.3) is 0 Å². The fraction of sp³-hybridized carbons (Fsp3) is 0.636. The third-order valence-corrected chi connectivity index (χ3v) is 3.19. The van der Waals surface area contributed by atoms with Crippen LogP contribution in [0.25, 0.3) is 0 Å². The predicted molar refractivity (Wildman–Crippen MR) is 68.1 cm³/mol. The Bertz CT molecular complexity index is 457. The van der Waals surface area contributed by atoms with E-state index in [-0.39, 0.29) is 0 Å². The molecule has 1 amide bonds. The minimum absolute atomic E-state index is 0.293. The van der Waals surface area contributed by atoms with Gasteiger partial charge in [0.05, 0.1) is 24.6 Å². The first-order chi connectivity index (χ1) is 8.56. The number of carbonyl (C=O) groups excluding carboxylic acids is 1. The fourth-order valence-electron chi connectivity index (χ4n) is 2.28. The van der Waals surface area contributed by atoms with Gasteiger partial charge in [-0.3, -0.25) is 9.48 Å². The molecule has 0 saturated carbocycles. The van der Waals surface area contributed by atoms with Gasteiger partial charge >= 0.3 is 0 Å². The zero-order valence-electron chi connectivity index (χ0n) is 10.7. The first-order valence-corrected chi connectivity index (χ1v) is 6.01. The molecule has 2 rings (SSSR count). The van der Waals surface area contributed by atoms with Crippen LogP contribution in [-0.4, -0.2) is 41.5 Å². The summed E-state index contributed by atoms with van der Waals surface area (Å²) in [6.45, 7) is 3.42. The van der Waals surface area contributed by atoms with Gasteiger partial charge < -0.3 is 21.1 Å². The molecule has 0 radical (unpaired) electrons. The molecule has 1 aliphatic rings. The topological polar surface area (TPSA) is 99.4 Å². The van der Waals surface area contributed by atoms with E-state index < -0.39 is 11.9 Å². The molecule has 4 N–H and O–H groups in total. The number of primary amides is 1. The van der Waals surface area contributed by atoms with Crippen LogP contribution in [0.15, 0.2) is 0 Å². The second-order valence-corrected chi connectivity index (χ2v) is 4.35. The van der Waals surface area contributed by atoms with Gasteiger partial charge in [0.2, 0.25) is 5.91 Å². The molecular formula is C11H19N5O2. The molecule has 2 heterocycles. The zero-order valence-corrected chi connectivity index (χ0v) is 10.7. The maximum atomic E-state index is 11.5. The van der Waals surface area contributed by atoms with E-state index in [1.54, 1.807) is 4.68 Å². The molecule has 1 aromatic heterocycles. The molecule has 0 bridgehead atoms. The van der Waals surface area contributed by atoms with Crippen LogP contribution < -0.4 is 16.4 Å². The number of aromatic nitrogens is 2. The number of rotatable bonds is 3. The monoisotopic (exact) mass is 253 g/mol. The van der Waals surface area contributed by atoms with Gasteiger partial charge in [0, 0.05) is 13.6 Å². The van der Waals surface area contributed by atoms with E-state index in [1.165, 1.54) is 0 Å². The number of aryl methyl sites for hydroxylation is 2. The van der Waals surface area contributed by atoms with Crippen LogP contribution in [0.3, 0.4) is 0 Å². The Morgan fingerprint density at radius 1 is 1.61 bits per heavy atom. The summed E-state index contributed by atoms with van der Waals surface area (Å²) in [6, 6.07) is -0.485. The molecule has 1 atom stereocenters. The Morgan fingerprint density at radius 3 is 2.89 bits per heavy atom. The van der Waals surface area contributed by atoms with Gasteiger partial charge in [-0.1, -0.05) is 6.92 Å². The van der Waals surface area contributed by atoms with Gasteiger partial charge in [0.15, 0.2) is 5.82 Å². The third kappa shape index (κ3) is 2.01. The van der Waals surface area contributed by atoms with E-state index >= 15 is 0 Å². The summed E-state index contributed by atoms with van der Waals surface area (Å²) in [5.74, 6) is 0.340. The van der Waals surface area contributed by atoms with Crippen molar-refractivity contribution in [3.8, 4) is 0 Å². The van der Waals surface area contributed by atoms with E-state index in [0.29, 0.717) is 25.4 Å². The normalized spacial score (nSPS) is 20.1. The van der Waals surface area contributed by atoms with Crippen LogP contribution in [-0.2, 0) is 23.0 Å². The number of hydrogen-bond acceptors (Lipinski definition) is 5. The van der Waals surface area contributed by atoms with Crippen molar-refractivity contribution in [1.82, 2.24) is 9.78 Å². The summed E-state index contributed by atoms with van der Waals surface area (Å²) in [7, 11) is 1.82. The number of anilines is 2. The minimum atomic E-state index is -0.485. The molecule has 0 aliphatic carbocycles. The predicted octanol–water partition coefficient (Wildman–Crippen LogP) is -0.745. The van der Waals surface area contributed by atoms with E-state index in [4.69, 9.17) is 16.2 Å². The molecule has 7 nitrogen and oxygen atoms in total. The fourth-order valence-corrected chi connectivity index (χ4v) is 2.28. The molecule has 0 spiro atoms. The molecule has 1 aromatic rings. The molecule has 7 heteroatoms. The maximum absolute atomic E-state index is 11.5. The van der Waals surface area contributed by atoms with E-state index in [0.717, 1.165) is 17.9 Å². The molecule has 1 aliphatic heterocycles. The molecule has 100 valence electrons. The van der Waals surface area contributed by atoms with Gasteiger partial charge in [-0.15, -0.1) is 0 Å². The van der Waals surface area contributed by atoms with Crippen LogP contribution in [0.5, 0.6) is 0 Å². The van der Waals surface area contributed by atoms with Gasteiger partial charge in [-0.2, -0.15) is 5.10 Å². The first kappa shape index (κ1) is 12.7. The van der Waals surface area contributed by atoms with Crippen LogP contribution in [0, 0.1) is 0 Å². The molecule has 1 fully saturated rings. The van der Waals surface area contributed by atoms with E-state index in [2.05, 4.69) is 5.10 Å². The summed E-state index contributed by atoms with van der Waals surface area (Å²) in [4.78, 5) is 13.3. The molecule has 18 heavy (non-hydrogen) atoms. The van der Waals surface area contributed by atoms with Crippen LogP contribution in [0.2, 0.25) is 0 Å². The number of nitrogens with two attached hydrogens (primary N) is 2. The van der Waals surface area contributed by atoms with Crippen molar-refractivity contribution in [2.75, 3.05) is 30.4 Å².